The van der Waals surface area contributed by atoms with Gasteiger partial charge >= 0.3 is 0 Å². The summed E-state index contributed by atoms with van der Waals surface area (Å²) in [4.78, 5) is 3.96. The summed E-state index contributed by atoms with van der Waals surface area (Å²) in [6.07, 6.45) is 1.34. The van der Waals surface area contributed by atoms with Crippen molar-refractivity contribution in [1.82, 2.24) is 4.98 Å². The van der Waals surface area contributed by atoms with Gasteiger partial charge in [-0.15, -0.1) is 0 Å². The summed E-state index contributed by atoms with van der Waals surface area (Å²) in [6, 6.07) is 3.70. The Morgan fingerprint density at radius 2 is 2.29 bits per heavy atom. The molecule has 0 spiro atoms. The van der Waals surface area contributed by atoms with Crippen LogP contribution in [0.1, 0.15) is 24.3 Å². The predicted octanol–water partition coefficient (Wildman–Crippen LogP) is 2.60. The molecule has 1 saturated carbocycles. The van der Waals surface area contributed by atoms with Crippen molar-refractivity contribution in [3.63, 3.8) is 0 Å². The van der Waals surface area contributed by atoms with Crippen molar-refractivity contribution in [2.75, 3.05) is 6.61 Å². The molecular formula is C10H11F2NO. The van der Waals surface area contributed by atoms with Crippen LogP contribution in [0.5, 0.6) is 5.88 Å². The highest BCUT2D eigenvalue weighted by atomic mass is 19.3. The molecule has 0 radical (unpaired) electrons. The lowest BCUT2D eigenvalue weighted by Crippen LogP contribution is -2.09. The van der Waals surface area contributed by atoms with E-state index in [1.807, 2.05) is 12.1 Å². The van der Waals surface area contributed by atoms with Gasteiger partial charge in [-0.05, 0) is 24.8 Å². The number of pyridine rings is 1. The van der Waals surface area contributed by atoms with E-state index in [2.05, 4.69) is 4.98 Å². The number of hydrogen-bond acceptors (Lipinski definition) is 2. The van der Waals surface area contributed by atoms with Crippen LogP contribution in [0.2, 0.25) is 0 Å². The van der Waals surface area contributed by atoms with Crippen molar-refractivity contribution in [3.8, 4) is 5.88 Å². The Kier molecular flexibility index (Phi) is 2.61. The van der Waals surface area contributed by atoms with E-state index in [1.165, 1.54) is 0 Å². The van der Waals surface area contributed by atoms with Crippen LogP contribution < -0.4 is 4.74 Å². The molecule has 1 heterocycles. The zero-order valence-corrected chi connectivity index (χ0v) is 7.62. The topological polar surface area (TPSA) is 22.1 Å². The van der Waals surface area contributed by atoms with E-state index in [1.54, 1.807) is 6.20 Å². The lowest BCUT2D eigenvalue weighted by molar-refractivity contribution is 0.0790. The van der Waals surface area contributed by atoms with Gasteiger partial charge in [-0.2, -0.15) is 0 Å². The van der Waals surface area contributed by atoms with E-state index >= 15 is 0 Å². The minimum absolute atomic E-state index is 0.371. The third-order valence-corrected chi connectivity index (χ3v) is 2.16. The summed E-state index contributed by atoms with van der Waals surface area (Å²) in [5.74, 6) is 0.840. The molecular weight excluding hydrogens is 188 g/mol. The summed E-state index contributed by atoms with van der Waals surface area (Å²) in [5, 5.41) is 0. The monoisotopic (exact) mass is 199 g/mol. The highest BCUT2D eigenvalue weighted by Crippen LogP contribution is 2.43. The molecule has 1 fully saturated rings. The summed E-state index contributed by atoms with van der Waals surface area (Å²) in [6.45, 7) is -0.573. The minimum atomic E-state index is -2.44. The standard InChI is InChI=1S/C10H11F2NO/c11-9(12)6-14-10-8(7-3-4-7)2-1-5-13-10/h1-2,5,7,9H,3-4,6H2. The molecule has 2 nitrogen and oxygen atoms in total. The second-order valence-corrected chi connectivity index (χ2v) is 3.37. The van der Waals surface area contributed by atoms with Crippen molar-refractivity contribution in [2.45, 2.75) is 25.2 Å². The van der Waals surface area contributed by atoms with Gasteiger partial charge in [0, 0.05) is 11.8 Å². The smallest absolute Gasteiger partial charge is 0.272 e. The van der Waals surface area contributed by atoms with Crippen LogP contribution in [-0.4, -0.2) is 18.0 Å². The van der Waals surface area contributed by atoms with Crippen molar-refractivity contribution in [2.24, 2.45) is 0 Å². The number of alkyl halides is 2. The van der Waals surface area contributed by atoms with Gasteiger partial charge in [0.1, 0.15) is 0 Å². The van der Waals surface area contributed by atoms with Gasteiger partial charge in [0.25, 0.3) is 6.43 Å². The summed E-state index contributed by atoms with van der Waals surface area (Å²) in [5.41, 5.74) is 0.966. The first kappa shape index (κ1) is 9.37. The highest BCUT2D eigenvalue weighted by molar-refractivity contribution is 5.32. The van der Waals surface area contributed by atoms with E-state index < -0.39 is 13.0 Å². The van der Waals surface area contributed by atoms with Crippen molar-refractivity contribution < 1.29 is 13.5 Å². The molecule has 0 aliphatic heterocycles. The van der Waals surface area contributed by atoms with Gasteiger partial charge < -0.3 is 4.74 Å². The molecule has 1 aromatic heterocycles. The molecule has 1 aliphatic rings. The van der Waals surface area contributed by atoms with Crippen LogP contribution in [0.3, 0.4) is 0 Å². The second kappa shape index (κ2) is 3.90. The Balaban J connectivity index is 2.07. The van der Waals surface area contributed by atoms with Crippen LogP contribution in [0.25, 0.3) is 0 Å². The Morgan fingerprint density at radius 3 is 2.93 bits per heavy atom. The Hall–Kier alpha value is -1.19. The number of hydrogen-bond donors (Lipinski definition) is 0. The molecule has 1 aliphatic carbocycles. The van der Waals surface area contributed by atoms with Crippen molar-refractivity contribution in [1.29, 1.82) is 0 Å². The third-order valence-electron chi connectivity index (χ3n) is 2.16. The molecule has 1 aromatic rings. The number of ether oxygens (including phenoxy) is 1. The van der Waals surface area contributed by atoms with Crippen LogP contribution in [-0.2, 0) is 0 Å². The Labute approximate surface area is 80.9 Å². The Bertz CT molecular complexity index is 313. The maximum Gasteiger partial charge on any atom is 0.272 e. The maximum absolute atomic E-state index is 11.9. The average molecular weight is 199 g/mol. The van der Waals surface area contributed by atoms with Crippen molar-refractivity contribution >= 4 is 0 Å². The first-order chi connectivity index (χ1) is 6.77. The fraction of sp³-hybridized carbons (Fsp3) is 0.500. The lowest BCUT2D eigenvalue weighted by atomic mass is 10.2. The first-order valence-corrected chi connectivity index (χ1v) is 4.63. The van der Waals surface area contributed by atoms with E-state index in [0.29, 0.717) is 11.8 Å². The molecule has 4 heteroatoms. The van der Waals surface area contributed by atoms with E-state index in [-0.39, 0.29) is 0 Å². The SMILES string of the molecule is FC(F)COc1ncccc1C1CC1. The maximum atomic E-state index is 11.9. The molecule has 0 N–H and O–H groups in total. The van der Waals surface area contributed by atoms with E-state index in [0.717, 1.165) is 18.4 Å². The van der Waals surface area contributed by atoms with Crippen LogP contribution in [0, 0.1) is 0 Å². The fourth-order valence-corrected chi connectivity index (χ4v) is 1.37. The second-order valence-electron chi connectivity index (χ2n) is 3.37. The number of nitrogens with zero attached hydrogens (tertiary/aromatic N) is 1. The largest absolute Gasteiger partial charge is 0.471 e. The summed E-state index contributed by atoms with van der Waals surface area (Å²) >= 11 is 0. The Morgan fingerprint density at radius 1 is 1.50 bits per heavy atom. The molecule has 14 heavy (non-hydrogen) atoms. The van der Waals surface area contributed by atoms with E-state index in [4.69, 9.17) is 4.74 Å². The lowest BCUT2D eigenvalue weighted by Gasteiger charge is -2.08. The average Bonchev–Trinajstić information content (AvgIpc) is 2.98. The quantitative estimate of drug-likeness (QED) is 0.743. The molecule has 0 aromatic carbocycles. The van der Waals surface area contributed by atoms with Gasteiger partial charge in [-0.3, -0.25) is 0 Å². The highest BCUT2D eigenvalue weighted by Gasteiger charge is 2.27. The van der Waals surface area contributed by atoms with Crippen LogP contribution in [0.15, 0.2) is 18.3 Å². The summed E-state index contributed by atoms with van der Waals surface area (Å²) < 4.78 is 28.8. The predicted molar refractivity (Wildman–Crippen MR) is 47.7 cm³/mol. The molecule has 2 rings (SSSR count). The number of halogens is 2. The van der Waals surface area contributed by atoms with E-state index in [9.17, 15) is 8.78 Å². The number of rotatable bonds is 4. The minimum Gasteiger partial charge on any atom is -0.471 e. The van der Waals surface area contributed by atoms with Gasteiger partial charge in [0.15, 0.2) is 6.61 Å². The van der Waals surface area contributed by atoms with Gasteiger partial charge in [-0.1, -0.05) is 6.07 Å². The zero-order chi connectivity index (χ0) is 9.97. The van der Waals surface area contributed by atoms with Gasteiger partial charge in [0.05, 0.1) is 0 Å². The molecule has 0 bridgehead atoms. The van der Waals surface area contributed by atoms with Crippen LogP contribution >= 0.6 is 0 Å². The third kappa shape index (κ3) is 2.19. The van der Waals surface area contributed by atoms with Gasteiger partial charge in [-0.25, -0.2) is 13.8 Å². The first-order valence-electron chi connectivity index (χ1n) is 4.63. The fourth-order valence-electron chi connectivity index (χ4n) is 1.37. The molecule has 0 unspecified atom stereocenters. The number of aromatic nitrogens is 1. The zero-order valence-electron chi connectivity index (χ0n) is 7.62. The van der Waals surface area contributed by atoms with Crippen molar-refractivity contribution in [3.05, 3.63) is 23.9 Å². The molecule has 76 valence electrons. The molecule has 0 amide bonds. The molecule has 0 atom stereocenters. The normalized spacial score (nSPS) is 15.9. The van der Waals surface area contributed by atoms with Crippen LogP contribution in [0.4, 0.5) is 8.78 Å². The summed E-state index contributed by atoms with van der Waals surface area (Å²) in [7, 11) is 0. The molecule has 0 saturated heterocycles. The van der Waals surface area contributed by atoms with Gasteiger partial charge in [0.2, 0.25) is 5.88 Å².